The van der Waals surface area contributed by atoms with Gasteiger partial charge in [-0.3, -0.25) is 9.59 Å². The van der Waals surface area contributed by atoms with Crippen LogP contribution in [0.1, 0.15) is 6.92 Å². The molecule has 0 atom stereocenters. The molecule has 0 saturated heterocycles. The molecule has 0 aliphatic carbocycles. The number of thioether (sulfide) groups is 2. The number of benzene rings is 2. The maximum Gasteiger partial charge on any atom is 0.219 e. The van der Waals surface area contributed by atoms with Crippen LogP contribution in [0.25, 0.3) is 11.1 Å². The summed E-state index contributed by atoms with van der Waals surface area (Å²) in [6, 6.07) is 9.05. The van der Waals surface area contributed by atoms with Crippen LogP contribution in [0.5, 0.6) is 0 Å². The monoisotopic (exact) mass is 376 g/mol. The number of halogens is 2. The van der Waals surface area contributed by atoms with E-state index in [2.05, 4.69) is 13.2 Å². The molecule has 25 heavy (non-hydrogen) atoms. The highest BCUT2D eigenvalue weighted by Crippen LogP contribution is 2.32. The first-order valence-electron chi connectivity index (χ1n) is 7.13. The van der Waals surface area contributed by atoms with Crippen LogP contribution < -0.4 is 0 Å². The van der Waals surface area contributed by atoms with Crippen molar-refractivity contribution in [2.75, 3.05) is 0 Å². The third kappa shape index (κ3) is 4.90. The molecule has 0 bridgehead atoms. The topological polar surface area (TPSA) is 34.1 Å². The largest absolute Gasteiger partial charge is 0.282 e. The third-order valence-corrected chi connectivity index (χ3v) is 5.12. The average molecular weight is 376 g/mol. The van der Waals surface area contributed by atoms with E-state index in [-0.39, 0.29) is 15.6 Å². The van der Waals surface area contributed by atoms with Crippen LogP contribution in [0, 0.1) is 11.6 Å². The fourth-order valence-corrected chi connectivity index (χ4v) is 3.14. The van der Waals surface area contributed by atoms with Crippen molar-refractivity contribution in [2.24, 2.45) is 0 Å². The molecule has 0 fully saturated rings. The van der Waals surface area contributed by atoms with Crippen molar-refractivity contribution in [2.45, 2.75) is 16.7 Å². The van der Waals surface area contributed by atoms with Crippen LogP contribution in [0.2, 0.25) is 0 Å². The maximum absolute atomic E-state index is 14.2. The molecular formula is C19H14F2O2S2. The van der Waals surface area contributed by atoms with Crippen molar-refractivity contribution in [3.8, 4) is 11.1 Å². The molecule has 0 aliphatic heterocycles. The Bertz CT molecular complexity index is 835. The fraction of sp³-hybridized carbons (Fsp3) is 0.0526. The molecule has 0 saturated carbocycles. The lowest BCUT2D eigenvalue weighted by molar-refractivity contribution is -0.108. The quantitative estimate of drug-likeness (QED) is 0.500. The van der Waals surface area contributed by atoms with Gasteiger partial charge in [-0.2, -0.15) is 0 Å². The van der Waals surface area contributed by atoms with Crippen molar-refractivity contribution in [3.05, 3.63) is 72.8 Å². The number of hydrogen-bond donors (Lipinski definition) is 0. The summed E-state index contributed by atoms with van der Waals surface area (Å²) in [4.78, 5) is 23.3. The van der Waals surface area contributed by atoms with E-state index in [0.717, 1.165) is 11.8 Å². The van der Waals surface area contributed by atoms with Crippen molar-refractivity contribution in [1.82, 2.24) is 0 Å². The molecule has 0 amide bonds. The van der Waals surface area contributed by atoms with E-state index in [4.69, 9.17) is 0 Å². The summed E-state index contributed by atoms with van der Waals surface area (Å²) in [6.45, 7) is 8.34. The summed E-state index contributed by atoms with van der Waals surface area (Å²) in [5, 5.41) is -0.674. The summed E-state index contributed by atoms with van der Waals surface area (Å²) in [7, 11) is 0. The van der Waals surface area contributed by atoms with Gasteiger partial charge in [0, 0.05) is 4.90 Å². The number of carbonyl (C=O) groups excluding carboxylic acids is 2. The lowest BCUT2D eigenvalue weighted by Crippen LogP contribution is -1.96. The SMILES string of the molecule is C=CC(=O)Sc1ccc(-c2cc(F)c(SC(=O)C(=C)C)c(F)c2)cc1. The van der Waals surface area contributed by atoms with Crippen molar-refractivity contribution < 1.29 is 18.4 Å². The van der Waals surface area contributed by atoms with Gasteiger partial charge in [0.2, 0.25) is 10.2 Å². The zero-order valence-corrected chi connectivity index (χ0v) is 15.0. The Hall–Kier alpha value is -2.18. The van der Waals surface area contributed by atoms with Crippen molar-refractivity contribution >= 4 is 33.8 Å². The minimum atomic E-state index is -0.810. The van der Waals surface area contributed by atoms with Gasteiger partial charge in [-0.1, -0.05) is 25.3 Å². The van der Waals surface area contributed by atoms with Gasteiger partial charge in [0.1, 0.15) is 11.6 Å². The highest BCUT2D eigenvalue weighted by molar-refractivity contribution is 8.14. The fourth-order valence-electron chi connectivity index (χ4n) is 1.88. The molecule has 128 valence electrons. The Morgan fingerprint density at radius 2 is 1.56 bits per heavy atom. The van der Waals surface area contributed by atoms with Crippen molar-refractivity contribution in [3.63, 3.8) is 0 Å². The zero-order valence-electron chi connectivity index (χ0n) is 13.3. The van der Waals surface area contributed by atoms with Gasteiger partial charge in [0.15, 0.2) is 0 Å². The van der Waals surface area contributed by atoms with E-state index in [1.54, 1.807) is 24.3 Å². The van der Waals surface area contributed by atoms with Gasteiger partial charge in [-0.15, -0.1) is 0 Å². The lowest BCUT2D eigenvalue weighted by atomic mass is 10.1. The maximum atomic E-state index is 14.2. The molecule has 2 aromatic carbocycles. The Labute approximate surface area is 153 Å². The molecule has 0 spiro atoms. The lowest BCUT2D eigenvalue weighted by Gasteiger charge is -2.08. The Balaban J connectivity index is 2.28. The first-order chi connectivity index (χ1) is 11.8. The van der Waals surface area contributed by atoms with E-state index < -0.39 is 16.7 Å². The second-order valence-corrected chi connectivity index (χ2v) is 7.15. The highest BCUT2D eigenvalue weighted by Gasteiger charge is 2.17. The molecule has 0 radical (unpaired) electrons. The number of rotatable bonds is 5. The molecule has 2 rings (SSSR count). The number of carbonyl (C=O) groups is 2. The van der Waals surface area contributed by atoms with Crippen LogP contribution in [0.3, 0.4) is 0 Å². The first-order valence-corrected chi connectivity index (χ1v) is 8.76. The summed E-state index contributed by atoms with van der Waals surface area (Å²) < 4.78 is 28.4. The predicted octanol–water partition coefficient (Wildman–Crippen LogP) is 5.63. The van der Waals surface area contributed by atoms with Crippen LogP contribution in [-0.4, -0.2) is 10.2 Å². The molecular weight excluding hydrogens is 362 g/mol. The van der Waals surface area contributed by atoms with E-state index in [1.165, 1.54) is 25.1 Å². The first kappa shape index (κ1) is 19.1. The molecule has 6 heteroatoms. The number of hydrogen-bond acceptors (Lipinski definition) is 4. The third-order valence-electron chi connectivity index (χ3n) is 3.11. The van der Waals surface area contributed by atoms with Gasteiger partial charge < -0.3 is 0 Å². The summed E-state index contributed by atoms with van der Waals surface area (Å²) >= 11 is 1.49. The second kappa shape index (κ2) is 8.27. The van der Waals surface area contributed by atoms with Crippen LogP contribution in [0.15, 0.2) is 71.0 Å². The van der Waals surface area contributed by atoms with E-state index in [9.17, 15) is 18.4 Å². The average Bonchev–Trinajstić information content (AvgIpc) is 2.58. The highest BCUT2D eigenvalue weighted by atomic mass is 32.2. The van der Waals surface area contributed by atoms with Crippen molar-refractivity contribution in [1.29, 1.82) is 0 Å². The Kier molecular flexibility index (Phi) is 6.33. The van der Waals surface area contributed by atoms with Crippen LogP contribution >= 0.6 is 23.5 Å². The minimum absolute atomic E-state index is 0.187. The Morgan fingerprint density at radius 3 is 2.04 bits per heavy atom. The standard InChI is InChI=1S/C19H14F2O2S2/c1-4-17(22)24-14-7-5-12(6-8-14)13-9-15(20)18(16(21)10-13)25-19(23)11(2)3/h4-10H,1-2H2,3H3. The molecule has 0 aliphatic rings. The summed E-state index contributed by atoms with van der Waals surface area (Å²) in [5.41, 5.74) is 1.15. The van der Waals surface area contributed by atoms with Crippen LogP contribution in [-0.2, 0) is 9.59 Å². The molecule has 0 heterocycles. The van der Waals surface area contributed by atoms with E-state index >= 15 is 0 Å². The van der Waals surface area contributed by atoms with Gasteiger partial charge in [0.25, 0.3) is 0 Å². The van der Waals surface area contributed by atoms with E-state index in [0.29, 0.717) is 27.8 Å². The van der Waals surface area contributed by atoms with Gasteiger partial charge in [0.05, 0.1) is 4.90 Å². The minimum Gasteiger partial charge on any atom is -0.282 e. The molecule has 0 aromatic heterocycles. The molecule has 2 nitrogen and oxygen atoms in total. The van der Waals surface area contributed by atoms with Crippen LogP contribution in [0.4, 0.5) is 8.78 Å². The Morgan fingerprint density at radius 1 is 1.00 bits per heavy atom. The van der Waals surface area contributed by atoms with Gasteiger partial charge in [-0.25, -0.2) is 8.78 Å². The zero-order chi connectivity index (χ0) is 18.6. The molecule has 0 unspecified atom stereocenters. The normalized spacial score (nSPS) is 10.4. The molecule has 0 N–H and O–H groups in total. The van der Waals surface area contributed by atoms with Gasteiger partial charge >= 0.3 is 0 Å². The second-order valence-electron chi connectivity index (χ2n) is 5.09. The smallest absolute Gasteiger partial charge is 0.219 e. The summed E-state index contributed by atoms with van der Waals surface area (Å²) in [6.07, 6.45) is 1.21. The van der Waals surface area contributed by atoms with Gasteiger partial charge in [-0.05, 0) is 77.5 Å². The molecule has 2 aromatic rings. The predicted molar refractivity (Wildman–Crippen MR) is 98.5 cm³/mol. The summed E-state index contributed by atoms with van der Waals surface area (Å²) in [5.74, 6) is -1.62. The van der Waals surface area contributed by atoms with E-state index in [1.807, 2.05) is 0 Å².